The maximum absolute atomic E-state index is 12.7. The van der Waals surface area contributed by atoms with Gasteiger partial charge in [0.25, 0.3) is 5.91 Å². The maximum Gasteiger partial charge on any atom is 0.257 e. The molecule has 0 unspecified atom stereocenters. The van der Waals surface area contributed by atoms with Crippen molar-refractivity contribution < 1.29 is 18.7 Å². The number of benzene rings is 1. The molecule has 2 amide bonds. The number of ether oxygens (including phenoxy) is 1. The highest BCUT2D eigenvalue weighted by Gasteiger charge is 2.29. The Morgan fingerprint density at radius 2 is 1.97 bits per heavy atom. The van der Waals surface area contributed by atoms with Crippen molar-refractivity contribution in [1.82, 2.24) is 15.1 Å². The van der Waals surface area contributed by atoms with Gasteiger partial charge >= 0.3 is 0 Å². The number of likely N-dealkylation sites (tertiary alicyclic amines) is 1. The zero-order chi connectivity index (χ0) is 20.8. The summed E-state index contributed by atoms with van der Waals surface area (Å²) in [5.74, 6) is 0.735. The molecule has 1 aliphatic heterocycles. The summed E-state index contributed by atoms with van der Waals surface area (Å²) in [6, 6.07) is 9.55. The number of hydrogen-bond acceptors (Lipinski definition) is 5. The van der Waals surface area contributed by atoms with E-state index in [0.717, 1.165) is 11.3 Å². The van der Waals surface area contributed by atoms with Gasteiger partial charge in [-0.1, -0.05) is 18.2 Å². The molecule has 0 aliphatic carbocycles. The lowest BCUT2D eigenvalue weighted by Gasteiger charge is -2.32. The fourth-order valence-electron chi connectivity index (χ4n) is 3.77. The number of para-hydroxylation sites is 1. The summed E-state index contributed by atoms with van der Waals surface area (Å²) < 4.78 is 10.5. The second-order valence-corrected chi connectivity index (χ2v) is 7.55. The van der Waals surface area contributed by atoms with Crippen LogP contribution in [-0.2, 0) is 4.79 Å². The third-order valence-electron chi connectivity index (χ3n) is 5.51. The van der Waals surface area contributed by atoms with E-state index in [1.165, 1.54) is 12.5 Å². The molecule has 1 aromatic heterocycles. The molecule has 156 valence electrons. The number of carbonyl (C=O) groups excluding carboxylic acids is 2. The Balaban J connectivity index is 1.54. The average Bonchev–Trinajstić information content (AvgIpc) is 3.28. The van der Waals surface area contributed by atoms with Gasteiger partial charge in [0.1, 0.15) is 12.0 Å². The van der Waals surface area contributed by atoms with Gasteiger partial charge in [-0.05, 0) is 39.1 Å². The summed E-state index contributed by atoms with van der Waals surface area (Å²) in [4.78, 5) is 29.0. The molecular weight excluding hydrogens is 370 g/mol. The summed E-state index contributed by atoms with van der Waals surface area (Å²) in [7, 11) is 5.63. The Morgan fingerprint density at radius 1 is 1.24 bits per heavy atom. The SMILES string of the molecule is COc1ccccc1[C@H](CNC(=O)C1CCN(C(=O)c2ccoc2)CC1)N(C)C. The minimum atomic E-state index is -0.0797. The number of methoxy groups -OCH3 is 1. The van der Waals surface area contributed by atoms with Crippen LogP contribution in [0.2, 0.25) is 0 Å². The second kappa shape index (κ2) is 9.60. The van der Waals surface area contributed by atoms with E-state index in [9.17, 15) is 9.59 Å². The van der Waals surface area contributed by atoms with Crippen LogP contribution in [0, 0.1) is 5.92 Å². The highest BCUT2D eigenvalue weighted by atomic mass is 16.5. The largest absolute Gasteiger partial charge is 0.496 e. The summed E-state index contributed by atoms with van der Waals surface area (Å²) in [6.07, 6.45) is 4.28. The van der Waals surface area contributed by atoms with E-state index in [4.69, 9.17) is 9.15 Å². The van der Waals surface area contributed by atoms with E-state index in [0.29, 0.717) is 38.0 Å². The van der Waals surface area contributed by atoms with Gasteiger partial charge in [-0.15, -0.1) is 0 Å². The third-order valence-corrected chi connectivity index (χ3v) is 5.51. The lowest BCUT2D eigenvalue weighted by Crippen LogP contribution is -2.44. The number of nitrogens with one attached hydrogen (secondary N) is 1. The van der Waals surface area contributed by atoms with Gasteiger partial charge < -0.3 is 24.3 Å². The number of nitrogens with zero attached hydrogens (tertiary/aromatic N) is 2. The van der Waals surface area contributed by atoms with Crippen molar-refractivity contribution in [3.63, 3.8) is 0 Å². The Bertz CT molecular complexity index is 811. The van der Waals surface area contributed by atoms with Crippen molar-refractivity contribution in [2.24, 2.45) is 5.92 Å². The number of rotatable bonds is 7. The van der Waals surface area contributed by atoms with Crippen LogP contribution < -0.4 is 10.1 Å². The first-order valence-electron chi connectivity index (χ1n) is 9.89. The monoisotopic (exact) mass is 399 g/mol. The molecule has 2 aromatic rings. The highest BCUT2D eigenvalue weighted by Crippen LogP contribution is 2.27. The van der Waals surface area contributed by atoms with Crippen LogP contribution in [0.15, 0.2) is 47.3 Å². The molecule has 0 bridgehead atoms. The summed E-state index contributed by atoms with van der Waals surface area (Å²) >= 11 is 0. The molecule has 1 atom stereocenters. The summed E-state index contributed by atoms with van der Waals surface area (Å²) in [6.45, 7) is 1.65. The van der Waals surface area contributed by atoms with Crippen LogP contribution in [0.5, 0.6) is 5.75 Å². The van der Waals surface area contributed by atoms with Crippen molar-refractivity contribution in [1.29, 1.82) is 0 Å². The zero-order valence-electron chi connectivity index (χ0n) is 17.3. The van der Waals surface area contributed by atoms with Gasteiger partial charge in [-0.3, -0.25) is 9.59 Å². The van der Waals surface area contributed by atoms with E-state index in [1.807, 2.05) is 38.4 Å². The number of carbonyl (C=O) groups is 2. The first kappa shape index (κ1) is 20.9. The Labute approximate surface area is 171 Å². The molecule has 1 aliphatic rings. The van der Waals surface area contributed by atoms with Crippen molar-refractivity contribution in [2.75, 3.05) is 40.8 Å². The fraction of sp³-hybridized carbons (Fsp3) is 0.455. The van der Waals surface area contributed by atoms with Crippen LogP contribution in [0.25, 0.3) is 0 Å². The minimum absolute atomic E-state index is 0.0119. The quantitative estimate of drug-likeness (QED) is 0.775. The molecular formula is C22H29N3O4. The Hall–Kier alpha value is -2.80. The molecule has 7 nitrogen and oxygen atoms in total. The standard InChI is InChI=1S/C22H29N3O4/c1-24(2)19(18-6-4-5-7-20(18)28-3)14-23-21(26)16-8-11-25(12-9-16)22(27)17-10-13-29-15-17/h4-7,10,13,15-16,19H,8-9,11-12,14H2,1-3H3,(H,23,26)/t19-/m0/s1. The maximum atomic E-state index is 12.7. The molecule has 0 spiro atoms. The van der Waals surface area contributed by atoms with Gasteiger partial charge in [-0.2, -0.15) is 0 Å². The van der Waals surface area contributed by atoms with E-state index in [-0.39, 0.29) is 23.8 Å². The summed E-state index contributed by atoms with van der Waals surface area (Å²) in [5, 5.41) is 3.10. The molecule has 29 heavy (non-hydrogen) atoms. The molecule has 2 heterocycles. The first-order valence-corrected chi connectivity index (χ1v) is 9.89. The number of furan rings is 1. The van der Waals surface area contributed by atoms with E-state index < -0.39 is 0 Å². The van der Waals surface area contributed by atoms with E-state index in [2.05, 4.69) is 10.2 Å². The molecule has 1 saturated heterocycles. The number of hydrogen-bond donors (Lipinski definition) is 1. The lowest BCUT2D eigenvalue weighted by atomic mass is 9.95. The molecule has 7 heteroatoms. The van der Waals surface area contributed by atoms with Crippen LogP contribution in [0.3, 0.4) is 0 Å². The van der Waals surface area contributed by atoms with Crippen LogP contribution >= 0.6 is 0 Å². The molecule has 1 aromatic carbocycles. The van der Waals surface area contributed by atoms with Crippen molar-refractivity contribution >= 4 is 11.8 Å². The smallest absolute Gasteiger partial charge is 0.257 e. The summed E-state index contributed by atoms with van der Waals surface area (Å²) in [5.41, 5.74) is 1.60. The number of amides is 2. The molecule has 0 saturated carbocycles. The highest BCUT2D eigenvalue weighted by molar-refractivity contribution is 5.94. The molecule has 0 radical (unpaired) electrons. The lowest BCUT2D eigenvalue weighted by molar-refractivity contribution is -0.126. The van der Waals surface area contributed by atoms with E-state index >= 15 is 0 Å². The van der Waals surface area contributed by atoms with Gasteiger partial charge in [0, 0.05) is 31.1 Å². The molecule has 3 rings (SSSR count). The molecule has 1 N–H and O–H groups in total. The van der Waals surface area contributed by atoms with Gasteiger partial charge in [0.2, 0.25) is 5.91 Å². The Kier molecular flexibility index (Phi) is 6.93. The van der Waals surface area contributed by atoms with Gasteiger partial charge in [0.15, 0.2) is 0 Å². The van der Waals surface area contributed by atoms with Crippen LogP contribution in [0.4, 0.5) is 0 Å². The minimum Gasteiger partial charge on any atom is -0.496 e. The second-order valence-electron chi connectivity index (χ2n) is 7.55. The average molecular weight is 399 g/mol. The topological polar surface area (TPSA) is 75.0 Å². The molecule has 1 fully saturated rings. The predicted octanol–water partition coefficient (Wildman–Crippen LogP) is 2.56. The van der Waals surface area contributed by atoms with Gasteiger partial charge in [-0.25, -0.2) is 0 Å². The van der Waals surface area contributed by atoms with E-state index in [1.54, 1.807) is 18.1 Å². The number of likely N-dealkylation sites (N-methyl/N-ethyl adjacent to an activating group) is 1. The van der Waals surface area contributed by atoms with Crippen LogP contribution in [0.1, 0.15) is 34.8 Å². The van der Waals surface area contributed by atoms with Gasteiger partial charge in [0.05, 0.1) is 25.0 Å². The third kappa shape index (κ3) is 4.98. The van der Waals surface area contributed by atoms with Crippen molar-refractivity contribution in [3.05, 3.63) is 54.0 Å². The zero-order valence-corrected chi connectivity index (χ0v) is 17.3. The van der Waals surface area contributed by atoms with Crippen molar-refractivity contribution in [3.8, 4) is 5.75 Å². The normalized spacial score (nSPS) is 15.9. The number of piperidine rings is 1. The van der Waals surface area contributed by atoms with Crippen LogP contribution in [-0.4, -0.2) is 62.5 Å². The Morgan fingerprint density at radius 3 is 2.59 bits per heavy atom. The fourth-order valence-corrected chi connectivity index (χ4v) is 3.77. The predicted molar refractivity (Wildman–Crippen MR) is 110 cm³/mol. The van der Waals surface area contributed by atoms with Crippen molar-refractivity contribution in [2.45, 2.75) is 18.9 Å². The first-order chi connectivity index (χ1) is 14.0.